The molecule has 0 aliphatic heterocycles. The lowest BCUT2D eigenvalue weighted by Crippen LogP contribution is -2.04. The molecule has 1 atom stereocenters. The summed E-state index contributed by atoms with van der Waals surface area (Å²) in [5.41, 5.74) is 4.29. The lowest BCUT2D eigenvalue weighted by Gasteiger charge is -2.18. The second-order valence-corrected chi connectivity index (χ2v) is 6.59. The van der Waals surface area contributed by atoms with E-state index in [0.717, 1.165) is 22.9 Å². The monoisotopic (exact) mass is 366 g/mol. The average Bonchev–Trinajstić information content (AvgIpc) is 2.93. The lowest BCUT2D eigenvalue weighted by molar-refractivity contribution is 0.214. The highest BCUT2D eigenvalue weighted by atomic mass is 79.9. The Hall–Kier alpha value is -1.03. The molecule has 0 fully saturated rings. The maximum absolute atomic E-state index is 10.7. The molecule has 2 aromatic carbocycles. The second-order valence-electron chi connectivity index (χ2n) is 5.29. The van der Waals surface area contributed by atoms with E-state index in [-0.39, 0.29) is 0 Å². The lowest BCUT2D eigenvalue weighted by atomic mass is 9.97. The van der Waals surface area contributed by atoms with E-state index in [1.807, 2.05) is 6.07 Å². The molecular formula is C17H16BrClO2. The van der Waals surface area contributed by atoms with Crippen molar-refractivity contribution in [2.24, 2.45) is 0 Å². The van der Waals surface area contributed by atoms with Crippen LogP contribution in [0, 0.1) is 0 Å². The predicted octanol–water partition coefficient (Wildman–Crippen LogP) is 4.68. The molecular weight excluding hydrogens is 352 g/mol. The maximum Gasteiger partial charge on any atom is 0.139 e. The fraction of sp³-hybridized carbons (Fsp3) is 0.294. The van der Waals surface area contributed by atoms with Crippen LogP contribution in [0.5, 0.6) is 5.75 Å². The number of fused-ring (bicyclic) bond motifs is 1. The smallest absolute Gasteiger partial charge is 0.139 e. The van der Waals surface area contributed by atoms with E-state index in [1.165, 1.54) is 17.5 Å². The Kier molecular flexibility index (Phi) is 4.25. The number of rotatable bonds is 3. The van der Waals surface area contributed by atoms with Crippen LogP contribution >= 0.6 is 27.5 Å². The summed E-state index contributed by atoms with van der Waals surface area (Å²) in [6.07, 6.45) is 2.67. The first-order valence-electron chi connectivity index (χ1n) is 6.93. The molecule has 0 heterocycles. The van der Waals surface area contributed by atoms with Crippen LogP contribution < -0.4 is 4.74 Å². The van der Waals surface area contributed by atoms with Crippen molar-refractivity contribution in [3.8, 4) is 5.75 Å². The minimum atomic E-state index is -0.749. The molecule has 1 unspecified atom stereocenters. The highest BCUT2D eigenvalue weighted by molar-refractivity contribution is 9.10. The summed E-state index contributed by atoms with van der Waals surface area (Å²) in [6.45, 7) is 0. The molecule has 21 heavy (non-hydrogen) atoms. The van der Waals surface area contributed by atoms with Gasteiger partial charge in [-0.2, -0.15) is 0 Å². The van der Waals surface area contributed by atoms with E-state index in [2.05, 4.69) is 28.1 Å². The summed E-state index contributed by atoms with van der Waals surface area (Å²) in [4.78, 5) is 0. The average molecular weight is 368 g/mol. The largest absolute Gasteiger partial charge is 0.495 e. The van der Waals surface area contributed by atoms with Crippen LogP contribution in [-0.2, 0) is 12.8 Å². The van der Waals surface area contributed by atoms with Crippen LogP contribution in [0.4, 0.5) is 0 Å². The van der Waals surface area contributed by atoms with Crippen LogP contribution in [0.1, 0.15) is 34.8 Å². The van der Waals surface area contributed by atoms with Gasteiger partial charge in [-0.3, -0.25) is 0 Å². The first-order valence-corrected chi connectivity index (χ1v) is 8.10. The summed E-state index contributed by atoms with van der Waals surface area (Å²) in [5, 5.41) is 11.3. The standard InChI is InChI=1S/C17H16BrClO2/c1-21-17-14(8-13(19)9-15(17)18)16(20)12-6-5-10-3-2-4-11(10)7-12/h5-9,16,20H,2-4H2,1H3. The van der Waals surface area contributed by atoms with Gasteiger partial charge in [0.05, 0.1) is 11.6 Å². The quantitative estimate of drug-likeness (QED) is 0.853. The van der Waals surface area contributed by atoms with Gasteiger partial charge < -0.3 is 9.84 Å². The topological polar surface area (TPSA) is 29.5 Å². The summed E-state index contributed by atoms with van der Waals surface area (Å²) in [5.74, 6) is 0.618. The first-order chi connectivity index (χ1) is 10.1. The molecule has 0 amide bonds. The van der Waals surface area contributed by atoms with Gasteiger partial charge in [-0.05, 0) is 64.0 Å². The molecule has 2 nitrogen and oxygen atoms in total. The molecule has 0 saturated heterocycles. The molecule has 1 aliphatic carbocycles. The number of aliphatic hydroxyl groups is 1. The Balaban J connectivity index is 2.04. The van der Waals surface area contributed by atoms with Crippen LogP contribution in [0.25, 0.3) is 0 Å². The van der Waals surface area contributed by atoms with E-state index < -0.39 is 6.10 Å². The third-order valence-electron chi connectivity index (χ3n) is 3.97. The minimum Gasteiger partial charge on any atom is -0.495 e. The molecule has 3 rings (SSSR count). The van der Waals surface area contributed by atoms with Crippen molar-refractivity contribution in [3.05, 3.63) is 62.1 Å². The van der Waals surface area contributed by atoms with Crippen molar-refractivity contribution in [1.29, 1.82) is 0 Å². The number of hydrogen-bond donors (Lipinski definition) is 1. The SMILES string of the molecule is COc1c(Br)cc(Cl)cc1C(O)c1ccc2c(c1)CCC2. The predicted molar refractivity (Wildman–Crippen MR) is 88.2 cm³/mol. The molecule has 0 bridgehead atoms. The van der Waals surface area contributed by atoms with Gasteiger partial charge in [0.15, 0.2) is 0 Å². The van der Waals surface area contributed by atoms with E-state index in [9.17, 15) is 5.11 Å². The van der Waals surface area contributed by atoms with Crippen LogP contribution in [-0.4, -0.2) is 12.2 Å². The van der Waals surface area contributed by atoms with Gasteiger partial charge in [0, 0.05) is 10.6 Å². The number of halogens is 2. The molecule has 110 valence electrons. The van der Waals surface area contributed by atoms with Gasteiger partial charge >= 0.3 is 0 Å². The molecule has 4 heteroatoms. The van der Waals surface area contributed by atoms with E-state index in [0.29, 0.717) is 16.3 Å². The van der Waals surface area contributed by atoms with Crippen LogP contribution in [0.15, 0.2) is 34.8 Å². The van der Waals surface area contributed by atoms with Gasteiger partial charge in [0.1, 0.15) is 11.9 Å². The van der Waals surface area contributed by atoms with Crippen molar-refractivity contribution in [1.82, 2.24) is 0 Å². The van der Waals surface area contributed by atoms with Gasteiger partial charge in [0.2, 0.25) is 0 Å². The Morgan fingerprint density at radius 3 is 2.71 bits per heavy atom. The van der Waals surface area contributed by atoms with Crippen molar-refractivity contribution < 1.29 is 9.84 Å². The van der Waals surface area contributed by atoms with E-state index >= 15 is 0 Å². The fourth-order valence-electron chi connectivity index (χ4n) is 2.94. The van der Waals surface area contributed by atoms with Gasteiger partial charge in [-0.1, -0.05) is 29.8 Å². The molecule has 2 aromatic rings. The van der Waals surface area contributed by atoms with E-state index in [1.54, 1.807) is 19.2 Å². The summed E-state index contributed by atoms with van der Waals surface area (Å²) >= 11 is 9.54. The normalized spacial score (nSPS) is 14.9. The number of hydrogen-bond acceptors (Lipinski definition) is 2. The van der Waals surface area contributed by atoms with Gasteiger partial charge in [-0.15, -0.1) is 0 Å². The number of ether oxygens (including phenoxy) is 1. The zero-order valence-corrected chi connectivity index (χ0v) is 14.0. The molecule has 0 spiro atoms. The van der Waals surface area contributed by atoms with Crippen LogP contribution in [0.3, 0.4) is 0 Å². The Morgan fingerprint density at radius 2 is 1.95 bits per heavy atom. The fourth-order valence-corrected chi connectivity index (χ4v) is 3.94. The molecule has 1 N–H and O–H groups in total. The number of methoxy groups -OCH3 is 1. The molecule has 0 aromatic heterocycles. The minimum absolute atomic E-state index is 0.567. The molecule has 1 aliphatic rings. The molecule has 0 radical (unpaired) electrons. The summed E-state index contributed by atoms with van der Waals surface area (Å²) in [7, 11) is 1.59. The third-order valence-corrected chi connectivity index (χ3v) is 4.78. The van der Waals surface area contributed by atoms with Gasteiger partial charge in [-0.25, -0.2) is 0 Å². The van der Waals surface area contributed by atoms with Crippen molar-refractivity contribution in [3.63, 3.8) is 0 Å². The number of aryl methyl sites for hydroxylation is 2. The maximum atomic E-state index is 10.7. The van der Waals surface area contributed by atoms with Gasteiger partial charge in [0.25, 0.3) is 0 Å². The Bertz CT molecular complexity index is 685. The Morgan fingerprint density at radius 1 is 1.19 bits per heavy atom. The van der Waals surface area contributed by atoms with Crippen LogP contribution in [0.2, 0.25) is 5.02 Å². The number of benzene rings is 2. The third kappa shape index (κ3) is 2.83. The highest BCUT2D eigenvalue weighted by Crippen LogP contribution is 2.39. The van der Waals surface area contributed by atoms with E-state index in [4.69, 9.17) is 16.3 Å². The number of aliphatic hydroxyl groups excluding tert-OH is 1. The zero-order valence-electron chi connectivity index (χ0n) is 11.7. The summed E-state index contributed by atoms with van der Waals surface area (Å²) < 4.78 is 6.14. The Labute approximate surface area is 137 Å². The molecule has 0 saturated carbocycles. The highest BCUT2D eigenvalue weighted by Gasteiger charge is 2.20. The van der Waals surface area contributed by atoms with Crippen molar-refractivity contribution >= 4 is 27.5 Å². The van der Waals surface area contributed by atoms with Crippen molar-refractivity contribution in [2.75, 3.05) is 7.11 Å². The first kappa shape index (κ1) is 14.9. The zero-order chi connectivity index (χ0) is 15.0. The second kappa shape index (κ2) is 5.99. The summed E-state index contributed by atoms with van der Waals surface area (Å²) in [6, 6.07) is 9.72. The van der Waals surface area contributed by atoms with Crippen molar-refractivity contribution in [2.45, 2.75) is 25.4 Å².